The topological polar surface area (TPSA) is 50.9 Å². The molecule has 2 aromatic rings. The molecule has 0 unspecified atom stereocenters. The molecule has 0 radical (unpaired) electrons. The Morgan fingerprint density at radius 2 is 2.06 bits per heavy atom. The van der Waals surface area contributed by atoms with E-state index in [1.807, 2.05) is 17.6 Å². The van der Waals surface area contributed by atoms with E-state index in [2.05, 4.69) is 9.97 Å². The van der Waals surface area contributed by atoms with Crippen LogP contribution in [0.3, 0.4) is 0 Å². The number of aliphatic hydroxyl groups is 1. The highest BCUT2D eigenvalue weighted by Gasteiger charge is 2.18. The second-order valence-corrected chi connectivity index (χ2v) is 4.92. The van der Waals surface area contributed by atoms with E-state index in [9.17, 15) is 5.11 Å². The van der Waals surface area contributed by atoms with Crippen molar-refractivity contribution in [3.05, 3.63) is 23.1 Å². The number of halogens is 1. The van der Waals surface area contributed by atoms with Gasteiger partial charge in [0.25, 0.3) is 0 Å². The standard InChI is InChI=1S/C11H14ClN3O/c1-7-13-8-4-5-9(12)14-10(8)15(7)6-11(2,3)16/h4-5,16H,6H2,1-3H3. The van der Waals surface area contributed by atoms with Crippen molar-refractivity contribution in [2.75, 3.05) is 0 Å². The maximum atomic E-state index is 9.83. The molecular formula is C11H14ClN3O. The minimum absolute atomic E-state index is 0.435. The van der Waals surface area contributed by atoms with E-state index in [1.165, 1.54) is 0 Å². The molecule has 86 valence electrons. The molecule has 0 atom stereocenters. The normalized spacial score (nSPS) is 12.3. The maximum Gasteiger partial charge on any atom is 0.161 e. The van der Waals surface area contributed by atoms with Gasteiger partial charge in [-0.1, -0.05) is 11.6 Å². The average Bonchev–Trinajstić information content (AvgIpc) is 2.42. The smallest absolute Gasteiger partial charge is 0.161 e. The number of fused-ring (bicyclic) bond motifs is 1. The highest BCUT2D eigenvalue weighted by atomic mass is 35.5. The van der Waals surface area contributed by atoms with Gasteiger partial charge in [0, 0.05) is 0 Å². The van der Waals surface area contributed by atoms with Crippen LogP contribution in [-0.2, 0) is 6.54 Å². The Labute approximate surface area is 98.9 Å². The van der Waals surface area contributed by atoms with Gasteiger partial charge in [-0.15, -0.1) is 0 Å². The molecule has 0 saturated carbocycles. The summed E-state index contributed by atoms with van der Waals surface area (Å²) < 4.78 is 1.88. The van der Waals surface area contributed by atoms with Gasteiger partial charge in [0.05, 0.1) is 12.1 Å². The Balaban J connectivity index is 2.58. The second-order valence-electron chi connectivity index (χ2n) is 4.53. The Kier molecular flexibility index (Phi) is 2.64. The zero-order chi connectivity index (χ0) is 11.9. The molecule has 0 fully saturated rings. The van der Waals surface area contributed by atoms with Gasteiger partial charge in [0.15, 0.2) is 5.65 Å². The predicted molar refractivity (Wildman–Crippen MR) is 63.6 cm³/mol. The Morgan fingerprint density at radius 1 is 1.38 bits per heavy atom. The minimum atomic E-state index is -0.803. The number of imidazole rings is 1. The van der Waals surface area contributed by atoms with Crippen molar-refractivity contribution in [1.82, 2.24) is 14.5 Å². The molecule has 4 nitrogen and oxygen atoms in total. The van der Waals surface area contributed by atoms with Crippen LogP contribution in [0.25, 0.3) is 11.2 Å². The summed E-state index contributed by atoms with van der Waals surface area (Å²) in [7, 11) is 0. The van der Waals surface area contributed by atoms with Crippen LogP contribution in [0.15, 0.2) is 12.1 Å². The summed E-state index contributed by atoms with van der Waals surface area (Å²) >= 11 is 5.86. The molecule has 2 aromatic heterocycles. The largest absolute Gasteiger partial charge is 0.389 e. The summed E-state index contributed by atoms with van der Waals surface area (Å²) in [6.45, 7) is 5.84. The van der Waals surface area contributed by atoms with E-state index in [4.69, 9.17) is 11.6 Å². The lowest BCUT2D eigenvalue weighted by Gasteiger charge is -2.18. The maximum absolute atomic E-state index is 9.83. The third kappa shape index (κ3) is 2.18. The molecule has 0 bridgehead atoms. The third-order valence-corrected chi connectivity index (χ3v) is 2.50. The van der Waals surface area contributed by atoms with Crippen molar-refractivity contribution in [2.24, 2.45) is 0 Å². The first-order valence-electron chi connectivity index (χ1n) is 5.08. The molecule has 0 aliphatic carbocycles. The molecule has 5 heteroatoms. The number of pyridine rings is 1. The van der Waals surface area contributed by atoms with E-state index in [1.54, 1.807) is 19.9 Å². The van der Waals surface area contributed by atoms with Crippen molar-refractivity contribution in [3.8, 4) is 0 Å². The molecular weight excluding hydrogens is 226 g/mol. The van der Waals surface area contributed by atoms with Crippen LogP contribution in [0.2, 0.25) is 5.15 Å². The van der Waals surface area contributed by atoms with E-state index in [-0.39, 0.29) is 0 Å². The molecule has 1 N–H and O–H groups in total. The number of nitrogens with zero attached hydrogens (tertiary/aromatic N) is 3. The first kappa shape index (κ1) is 11.4. The predicted octanol–water partition coefficient (Wildman–Crippen LogP) is 2.16. The van der Waals surface area contributed by atoms with Gasteiger partial charge in [-0.3, -0.25) is 0 Å². The Bertz CT molecular complexity index is 528. The number of hydrogen-bond acceptors (Lipinski definition) is 3. The van der Waals surface area contributed by atoms with Gasteiger partial charge in [0.1, 0.15) is 16.5 Å². The van der Waals surface area contributed by atoms with Crippen molar-refractivity contribution >= 4 is 22.8 Å². The highest BCUT2D eigenvalue weighted by molar-refractivity contribution is 6.29. The molecule has 0 aromatic carbocycles. The van der Waals surface area contributed by atoms with Gasteiger partial charge in [0.2, 0.25) is 0 Å². The average molecular weight is 240 g/mol. The first-order valence-corrected chi connectivity index (χ1v) is 5.46. The SMILES string of the molecule is Cc1nc2ccc(Cl)nc2n1CC(C)(C)O. The molecule has 2 heterocycles. The quantitative estimate of drug-likeness (QED) is 0.818. The fraction of sp³-hybridized carbons (Fsp3) is 0.455. The van der Waals surface area contributed by atoms with E-state index in [0.29, 0.717) is 17.3 Å². The van der Waals surface area contributed by atoms with Crippen molar-refractivity contribution in [2.45, 2.75) is 32.9 Å². The van der Waals surface area contributed by atoms with Gasteiger partial charge < -0.3 is 9.67 Å². The van der Waals surface area contributed by atoms with Crippen molar-refractivity contribution < 1.29 is 5.11 Å². The van der Waals surface area contributed by atoms with Crippen LogP contribution < -0.4 is 0 Å². The van der Waals surface area contributed by atoms with Gasteiger partial charge in [-0.25, -0.2) is 9.97 Å². The molecule has 0 aliphatic rings. The molecule has 0 aliphatic heterocycles. The fourth-order valence-electron chi connectivity index (χ4n) is 1.67. The summed E-state index contributed by atoms with van der Waals surface area (Å²) in [5.41, 5.74) is 0.709. The second kappa shape index (κ2) is 3.71. The van der Waals surface area contributed by atoms with E-state index in [0.717, 1.165) is 11.3 Å². The molecule has 0 saturated heterocycles. The van der Waals surface area contributed by atoms with Crippen LogP contribution in [0.5, 0.6) is 0 Å². The lowest BCUT2D eigenvalue weighted by atomic mass is 10.1. The summed E-state index contributed by atoms with van der Waals surface area (Å²) in [6, 6.07) is 3.54. The van der Waals surface area contributed by atoms with Crippen LogP contribution in [0, 0.1) is 6.92 Å². The van der Waals surface area contributed by atoms with Crippen LogP contribution in [0.1, 0.15) is 19.7 Å². The number of rotatable bonds is 2. The number of aromatic nitrogens is 3. The van der Waals surface area contributed by atoms with Crippen molar-refractivity contribution in [1.29, 1.82) is 0 Å². The van der Waals surface area contributed by atoms with E-state index >= 15 is 0 Å². The molecule has 16 heavy (non-hydrogen) atoms. The highest BCUT2D eigenvalue weighted by Crippen LogP contribution is 2.19. The summed E-state index contributed by atoms with van der Waals surface area (Å²) in [6.07, 6.45) is 0. The van der Waals surface area contributed by atoms with E-state index < -0.39 is 5.60 Å². The number of hydrogen-bond donors (Lipinski definition) is 1. The van der Waals surface area contributed by atoms with Crippen LogP contribution >= 0.6 is 11.6 Å². The zero-order valence-corrected chi connectivity index (χ0v) is 10.3. The summed E-state index contributed by atoms with van der Waals surface area (Å²) in [4.78, 5) is 8.60. The molecule has 0 amide bonds. The van der Waals surface area contributed by atoms with Gasteiger partial charge >= 0.3 is 0 Å². The van der Waals surface area contributed by atoms with Crippen LogP contribution in [-0.4, -0.2) is 25.2 Å². The minimum Gasteiger partial charge on any atom is -0.389 e. The molecule has 2 rings (SSSR count). The first-order chi connectivity index (χ1) is 7.37. The van der Waals surface area contributed by atoms with Crippen molar-refractivity contribution in [3.63, 3.8) is 0 Å². The van der Waals surface area contributed by atoms with Crippen LogP contribution in [0.4, 0.5) is 0 Å². The lowest BCUT2D eigenvalue weighted by molar-refractivity contribution is 0.0619. The number of aryl methyl sites for hydroxylation is 1. The van der Waals surface area contributed by atoms with Gasteiger partial charge in [-0.2, -0.15) is 0 Å². The zero-order valence-electron chi connectivity index (χ0n) is 9.53. The Morgan fingerprint density at radius 3 is 2.69 bits per heavy atom. The monoisotopic (exact) mass is 239 g/mol. The summed E-state index contributed by atoms with van der Waals surface area (Å²) in [5, 5.41) is 10.3. The Hall–Kier alpha value is -1.13. The third-order valence-electron chi connectivity index (χ3n) is 2.29. The fourth-order valence-corrected chi connectivity index (χ4v) is 1.81. The van der Waals surface area contributed by atoms with Gasteiger partial charge in [-0.05, 0) is 32.9 Å². The lowest BCUT2D eigenvalue weighted by Crippen LogP contribution is -2.26. The molecule has 0 spiro atoms. The summed E-state index contributed by atoms with van der Waals surface area (Å²) in [5.74, 6) is 0.826.